The molecule has 4 heteroatoms. The first-order valence-electron chi connectivity index (χ1n) is 6.31. The van der Waals surface area contributed by atoms with E-state index >= 15 is 0 Å². The van der Waals surface area contributed by atoms with E-state index in [1.807, 2.05) is 6.20 Å². The van der Waals surface area contributed by atoms with Gasteiger partial charge < -0.3 is 5.32 Å². The van der Waals surface area contributed by atoms with Gasteiger partial charge in [0.05, 0.1) is 6.20 Å². The average Bonchev–Trinajstić information content (AvgIpc) is 2.56. The van der Waals surface area contributed by atoms with Crippen LogP contribution >= 0.6 is 12.4 Å². The van der Waals surface area contributed by atoms with Crippen molar-refractivity contribution in [1.29, 1.82) is 0 Å². The minimum atomic E-state index is 0. The normalized spacial score (nSPS) is 16.4. The number of aromatic nitrogens is 2. The molecule has 0 spiro atoms. The molecular weight excluding hydrogens is 234 g/mol. The van der Waals surface area contributed by atoms with E-state index in [2.05, 4.69) is 36.3 Å². The molecule has 1 fully saturated rings. The highest BCUT2D eigenvalue weighted by molar-refractivity contribution is 5.85. The lowest BCUT2D eigenvalue weighted by Gasteiger charge is -2.25. The maximum Gasteiger partial charge on any atom is 0.0535 e. The van der Waals surface area contributed by atoms with Gasteiger partial charge in [-0.3, -0.25) is 5.10 Å². The van der Waals surface area contributed by atoms with Gasteiger partial charge in [0.15, 0.2) is 0 Å². The Morgan fingerprint density at radius 3 is 2.65 bits per heavy atom. The summed E-state index contributed by atoms with van der Waals surface area (Å²) < 4.78 is 0. The van der Waals surface area contributed by atoms with E-state index in [1.165, 1.54) is 30.5 Å². The molecule has 0 saturated heterocycles. The van der Waals surface area contributed by atoms with Crippen molar-refractivity contribution in [2.45, 2.75) is 52.0 Å². The summed E-state index contributed by atoms with van der Waals surface area (Å²) in [6.07, 6.45) is 6.19. The Bertz CT molecular complexity index is 337. The number of halogens is 1. The molecule has 0 aliphatic heterocycles. The van der Waals surface area contributed by atoms with E-state index < -0.39 is 0 Å². The molecule has 0 radical (unpaired) electrons. The Labute approximate surface area is 110 Å². The molecule has 17 heavy (non-hydrogen) atoms. The number of hydrogen-bond acceptors (Lipinski definition) is 2. The molecule has 0 amide bonds. The van der Waals surface area contributed by atoms with Crippen molar-refractivity contribution in [3.05, 3.63) is 17.5 Å². The van der Waals surface area contributed by atoms with E-state index in [-0.39, 0.29) is 17.8 Å². The van der Waals surface area contributed by atoms with Crippen molar-refractivity contribution < 1.29 is 0 Å². The molecule has 0 unspecified atom stereocenters. The number of rotatable bonds is 4. The van der Waals surface area contributed by atoms with Crippen LogP contribution in [-0.4, -0.2) is 16.7 Å². The third-order valence-electron chi connectivity index (χ3n) is 3.44. The molecule has 1 aliphatic carbocycles. The smallest absolute Gasteiger partial charge is 0.0535 e. The number of H-pyrrole nitrogens is 1. The van der Waals surface area contributed by atoms with Crippen LogP contribution in [0, 0.1) is 5.92 Å². The van der Waals surface area contributed by atoms with Crippen molar-refractivity contribution in [3.63, 3.8) is 0 Å². The van der Waals surface area contributed by atoms with Crippen LogP contribution in [0.1, 0.15) is 51.3 Å². The van der Waals surface area contributed by atoms with Gasteiger partial charge in [-0.25, -0.2) is 0 Å². The fourth-order valence-corrected chi connectivity index (χ4v) is 2.20. The van der Waals surface area contributed by atoms with Gasteiger partial charge in [-0.2, -0.15) is 5.10 Å². The third kappa shape index (κ3) is 3.71. The molecule has 1 saturated carbocycles. The Balaban J connectivity index is 0.00000144. The van der Waals surface area contributed by atoms with Crippen LogP contribution in [0.15, 0.2) is 6.20 Å². The summed E-state index contributed by atoms with van der Waals surface area (Å²) >= 11 is 0. The fourth-order valence-electron chi connectivity index (χ4n) is 2.20. The molecule has 0 aromatic carbocycles. The molecule has 1 aliphatic rings. The third-order valence-corrected chi connectivity index (χ3v) is 3.44. The second kappa shape index (κ2) is 5.87. The van der Waals surface area contributed by atoms with Crippen LogP contribution in [-0.2, 0) is 12.0 Å². The molecule has 0 bridgehead atoms. The van der Waals surface area contributed by atoms with E-state index in [1.54, 1.807) is 0 Å². The van der Waals surface area contributed by atoms with Gasteiger partial charge in [0.25, 0.3) is 0 Å². The lowest BCUT2D eigenvalue weighted by atomic mass is 9.85. The summed E-state index contributed by atoms with van der Waals surface area (Å²) in [7, 11) is 0. The Kier molecular flexibility index (Phi) is 5.02. The quantitative estimate of drug-likeness (QED) is 0.871. The molecule has 0 atom stereocenters. The van der Waals surface area contributed by atoms with E-state index in [4.69, 9.17) is 0 Å². The maximum absolute atomic E-state index is 4.16. The highest BCUT2D eigenvalue weighted by Gasteiger charge is 2.20. The standard InChI is InChI=1S/C13H23N3.ClH/c1-13(2,3)12-11(9-15-16-12)8-14-7-10-5-4-6-10;/h9-10,14H,4-8H2,1-3H3,(H,15,16);1H. The summed E-state index contributed by atoms with van der Waals surface area (Å²) in [4.78, 5) is 0. The van der Waals surface area contributed by atoms with Crippen molar-refractivity contribution in [1.82, 2.24) is 15.5 Å². The zero-order valence-corrected chi connectivity index (χ0v) is 11.9. The van der Waals surface area contributed by atoms with Gasteiger partial charge >= 0.3 is 0 Å². The number of nitrogens with zero attached hydrogens (tertiary/aromatic N) is 1. The lowest BCUT2D eigenvalue weighted by Crippen LogP contribution is -2.27. The summed E-state index contributed by atoms with van der Waals surface area (Å²) in [5.74, 6) is 0.921. The largest absolute Gasteiger partial charge is 0.312 e. The second-order valence-electron chi connectivity index (χ2n) is 5.95. The van der Waals surface area contributed by atoms with Gasteiger partial charge in [0, 0.05) is 23.2 Å². The van der Waals surface area contributed by atoms with Crippen molar-refractivity contribution >= 4 is 12.4 Å². The first kappa shape index (κ1) is 14.5. The topological polar surface area (TPSA) is 40.7 Å². The average molecular weight is 258 g/mol. The minimum Gasteiger partial charge on any atom is -0.312 e. The molecule has 3 nitrogen and oxygen atoms in total. The van der Waals surface area contributed by atoms with Gasteiger partial charge in [0.1, 0.15) is 0 Å². The SMILES string of the molecule is CC(C)(C)c1[nH]ncc1CNCC1CCC1.Cl. The number of nitrogens with one attached hydrogen (secondary N) is 2. The highest BCUT2D eigenvalue weighted by Crippen LogP contribution is 2.26. The maximum atomic E-state index is 4.16. The summed E-state index contributed by atoms with van der Waals surface area (Å²) in [6.45, 7) is 8.76. The molecule has 98 valence electrons. The lowest BCUT2D eigenvalue weighted by molar-refractivity contribution is 0.301. The van der Waals surface area contributed by atoms with Crippen molar-refractivity contribution in [3.8, 4) is 0 Å². The second-order valence-corrected chi connectivity index (χ2v) is 5.95. The molecule has 2 rings (SSSR count). The first-order chi connectivity index (χ1) is 7.57. The fraction of sp³-hybridized carbons (Fsp3) is 0.769. The summed E-state index contributed by atoms with van der Waals surface area (Å²) in [5, 5.41) is 10.8. The Hall–Kier alpha value is -0.540. The predicted molar refractivity (Wildman–Crippen MR) is 73.6 cm³/mol. The predicted octanol–water partition coefficient (Wildman–Crippen LogP) is 3.02. The number of aromatic amines is 1. The highest BCUT2D eigenvalue weighted by atomic mass is 35.5. The summed E-state index contributed by atoms with van der Waals surface area (Å²) in [6, 6.07) is 0. The Morgan fingerprint density at radius 1 is 1.41 bits per heavy atom. The van der Waals surface area contributed by atoms with Gasteiger partial charge in [-0.1, -0.05) is 27.2 Å². The van der Waals surface area contributed by atoms with Crippen LogP contribution < -0.4 is 5.32 Å². The van der Waals surface area contributed by atoms with Crippen molar-refractivity contribution in [2.24, 2.45) is 5.92 Å². The van der Waals surface area contributed by atoms with Crippen LogP contribution in [0.25, 0.3) is 0 Å². The molecule has 1 aromatic rings. The van der Waals surface area contributed by atoms with Crippen LogP contribution in [0.5, 0.6) is 0 Å². The zero-order valence-electron chi connectivity index (χ0n) is 11.0. The first-order valence-corrected chi connectivity index (χ1v) is 6.31. The zero-order chi connectivity index (χ0) is 11.6. The van der Waals surface area contributed by atoms with Gasteiger partial charge in [0.2, 0.25) is 0 Å². The van der Waals surface area contributed by atoms with Crippen LogP contribution in [0.3, 0.4) is 0 Å². The molecule has 2 N–H and O–H groups in total. The van der Waals surface area contributed by atoms with E-state index in [0.29, 0.717) is 0 Å². The minimum absolute atomic E-state index is 0. The molecule has 1 heterocycles. The summed E-state index contributed by atoms with van der Waals surface area (Å²) in [5.41, 5.74) is 2.73. The van der Waals surface area contributed by atoms with E-state index in [9.17, 15) is 0 Å². The van der Waals surface area contributed by atoms with Crippen molar-refractivity contribution in [2.75, 3.05) is 6.54 Å². The van der Waals surface area contributed by atoms with Crippen LogP contribution in [0.4, 0.5) is 0 Å². The molecular formula is C13H24ClN3. The van der Waals surface area contributed by atoms with Crippen LogP contribution in [0.2, 0.25) is 0 Å². The van der Waals surface area contributed by atoms with Gasteiger partial charge in [-0.05, 0) is 25.3 Å². The Morgan fingerprint density at radius 2 is 2.12 bits per heavy atom. The monoisotopic (exact) mass is 257 g/mol. The molecule has 1 aromatic heterocycles. The number of hydrogen-bond donors (Lipinski definition) is 2. The van der Waals surface area contributed by atoms with E-state index in [0.717, 1.165) is 19.0 Å². The van der Waals surface area contributed by atoms with Gasteiger partial charge in [-0.15, -0.1) is 12.4 Å².